The van der Waals surface area contributed by atoms with Crippen molar-refractivity contribution >= 4 is 23.6 Å². The van der Waals surface area contributed by atoms with Gasteiger partial charge in [0.2, 0.25) is 0 Å². The fraction of sp³-hybridized carbons (Fsp3) is 0.391. The molecule has 1 aliphatic rings. The zero-order valence-corrected chi connectivity index (χ0v) is 19.7. The number of hydrogen-bond donors (Lipinski definition) is 3. The van der Waals surface area contributed by atoms with Gasteiger partial charge in [-0.25, -0.2) is 9.31 Å². The van der Waals surface area contributed by atoms with Crippen LogP contribution in [0.2, 0.25) is 0 Å². The van der Waals surface area contributed by atoms with Gasteiger partial charge in [-0.1, -0.05) is 0 Å². The molecule has 0 unspecified atom stereocenters. The normalized spacial score (nSPS) is 14.5. The van der Waals surface area contributed by atoms with Crippen LogP contribution in [0.5, 0.6) is 0 Å². The van der Waals surface area contributed by atoms with E-state index >= 15 is 0 Å². The molecule has 3 aromatic rings. The summed E-state index contributed by atoms with van der Waals surface area (Å²) in [5.41, 5.74) is 5.01. The van der Waals surface area contributed by atoms with Crippen molar-refractivity contribution in [3.05, 3.63) is 64.0 Å². The van der Waals surface area contributed by atoms with E-state index in [1.54, 1.807) is 4.90 Å². The van der Waals surface area contributed by atoms with Crippen molar-refractivity contribution < 1.29 is 19.1 Å². The van der Waals surface area contributed by atoms with E-state index < -0.39 is 17.4 Å². The van der Waals surface area contributed by atoms with Gasteiger partial charge in [0.15, 0.2) is 0 Å². The summed E-state index contributed by atoms with van der Waals surface area (Å²) in [5.74, 6) is -1.18. The fourth-order valence-electron chi connectivity index (χ4n) is 3.91. The van der Waals surface area contributed by atoms with E-state index in [1.165, 1.54) is 41.3 Å². The van der Waals surface area contributed by atoms with Crippen LogP contribution in [0.3, 0.4) is 0 Å². The van der Waals surface area contributed by atoms with Crippen molar-refractivity contribution in [2.75, 3.05) is 13.1 Å². The molecule has 1 saturated heterocycles. The number of nitrogens with one attached hydrogen (secondary N) is 3. The van der Waals surface area contributed by atoms with Gasteiger partial charge in [0.1, 0.15) is 16.8 Å². The Kier molecular flexibility index (Phi) is 6.54. The lowest BCUT2D eigenvalue weighted by Gasteiger charge is -2.33. The minimum absolute atomic E-state index is 0.0410. The number of amides is 3. The first-order valence-corrected chi connectivity index (χ1v) is 11.2. The molecule has 3 amide bonds. The summed E-state index contributed by atoms with van der Waals surface area (Å²) in [6, 6.07) is 4.48. The van der Waals surface area contributed by atoms with Gasteiger partial charge >= 0.3 is 6.09 Å². The lowest BCUT2D eigenvalue weighted by Crippen LogP contribution is -2.42. The van der Waals surface area contributed by atoms with Crippen LogP contribution in [0.4, 0.5) is 4.79 Å². The second-order valence-corrected chi connectivity index (χ2v) is 9.26. The molecule has 0 atom stereocenters. The summed E-state index contributed by atoms with van der Waals surface area (Å²) < 4.78 is 6.96. The highest BCUT2D eigenvalue weighted by Crippen LogP contribution is 2.28. The highest BCUT2D eigenvalue weighted by molar-refractivity contribution is 6.02. The Bertz CT molecular complexity index is 1300. The van der Waals surface area contributed by atoms with Gasteiger partial charge in [-0.3, -0.25) is 30.2 Å². The number of piperidine rings is 1. The zero-order chi connectivity index (χ0) is 25.2. The number of aromatic nitrogens is 4. The topological polar surface area (TPSA) is 151 Å². The molecule has 184 valence electrons. The molecule has 0 aromatic carbocycles. The number of hydrazine groups is 1. The van der Waals surface area contributed by atoms with Crippen molar-refractivity contribution in [1.82, 2.24) is 35.3 Å². The minimum Gasteiger partial charge on any atom is -0.444 e. The van der Waals surface area contributed by atoms with Crippen molar-refractivity contribution in [1.29, 1.82) is 0 Å². The van der Waals surface area contributed by atoms with Crippen molar-refractivity contribution in [2.24, 2.45) is 0 Å². The van der Waals surface area contributed by atoms with Crippen LogP contribution in [-0.4, -0.2) is 61.1 Å². The molecule has 4 rings (SSSR count). The molecule has 0 radical (unpaired) electrons. The molecule has 4 heterocycles. The van der Waals surface area contributed by atoms with Gasteiger partial charge < -0.3 is 14.6 Å². The number of H-pyrrole nitrogens is 1. The smallest absolute Gasteiger partial charge is 0.410 e. The van der Waals surface area contributed by atoms with Crippen LogP contribution >= 0.6 is 0 Å². The average molecular weight is 482 g/mol. The standard InChI is InChI=1S/C23H27N7O5/c1-23(2,3)35-22(34)29-10-6-14(7-11-29)17-12-18(31)26-19-16(13-25-30(17)19)21(33)28-27-20(32)15-4-8-24-9-5-15/h4-5,8-9,12-14H,6-7,10-11H2,1-3H3,(H,26,31)(H,27,32)(H,28,33). The van der Waals surface area contributed by atoms with Gasteiger partial charge in [0.05, 0.1) is 11.9 Å². The SMILES string of the molecule is CC(C)(C)OC(=O)N1CCC(c2cc(=O)[nH]c3c(C(=O)NNC(=O)c4ccncc4)cnn23)CC1. The number of carbonyl (C=O) groups excluding carboxylic acids is 3. The molecule has 12 heteroatoms. The second-order valence-electron chi connectivity index (χ2n) is 9.26. The Hall–Kier alpha value is -4.22. The third-order valence-electron chi connectivity index (χ3n) is 5.58. The van der Waals surface area contributed by atoms with Crippen LogP contribution in [-0.2, 0) is 4.74 Å². The van der Waals surface area contributed by atoms with Crippen molar-refractivity contribution in [3.8, 4) is 0 Å². The summed E-state index contributed by atoms with van der Waals surface area (Å²) in [4.78, 5) is 57.8. The highest BCUT2D eigenvalue weighted by atomic mass is 16.6. The molecule has 0 spiro atoms. The average Bonchev–Trinajstić information content (AvgIpc) is 3.25. The first-order valence-electron chi connectivity index (χ1n) is 11.2. The molecule has 12 nitrogen and oxygen atoms in total. The monoisotopic (exact) mass is 481 g/mol. The molecule has 1 fully saturated rings. The molecular formula is C23H27N7O5. The Morgan fingerprint density at radius 2 is 1.74 bits per heavy atom. The summed E-state index contributed by atoms with van der Waals surface area (Å²) >= 11 is 0. The van der Waals surface area contributed by atoms with E-state index in [2.05, 4.69) is 25.9 Å². The van der Waals surface area contributed by atoms with E-state index in [9.17, 15) is 19.2 Å². The lowest BCUT2D eigenvalue weighted by atomic mass is 9.93. The summed E-state index contributed by atoms with van der Waals surface area (Å²) in [6.07, 6.45) is 5.12. The number of hydrogen-bond acceptors (Lipinski definition) is 7. The van der Waals surface area contributed by atoms with Crippen molar-refractivity contribution in [2.45, 2.75) is 45.1 Å². The van der Waals surface area contributed by atoms with E-state index in [0.29, 0.717) is 37.2 Å². The highest BCUT2D eigenvalue weighted by Gasteiger charge is 2.29. The van der Waals surface area contributed by atoms with Gasteiger partial charge in [-0.05, 0) is 45.7 Å². The number of aromatic amines is 1. The molecule has 0 saturated carbocycles. The number of fused-ring (bicyclic) bond motifs is 1. The molecule has 35 heavy (non-hydrogen) atoms. The molecule has 1 aliphatic heterocycles. The zero-order valence-electron chi connectivity index (χ0n) is 19.7. The molecular weight excluding hydrogens is 454 g/mol. The van der Waals surface area contributed by atoms with Gasteiger partial charge in [0.25, 0.3) is 17.4 Å². The first kappa shape index (κ1) is 23.9. The predicted octanol–water partition coefficient (Wildman–Crippen LogP) is 1.61. The van der Waals surface area contributed by atoms with E-state index in [4.69, 9.17) is 4.74 Å². The third kappa shape index (κ3) is 5.48. The van der Waals surface area contributed by atoms with Gasteiger partial charge in [-0.2, -0.15) is 5.10 Å². The van der Waals surface area contributed by atoms with Crippen LogP contribution in [0, 0.1) is 0 Å². The lowest BCUT2D eigenvalue weighted by molar-refractivity contribution is 0.0203. The number of carbonyl (C=O) groups is 3. The summed E-state index contributed by atoms with van der Waals surface area (Å²) in [5, 5.41) is 4.30. The predicted molar refractivity (Wildman–Crippen MR) is 125 cm³/mol. The Balaban J connectivity index is 1.47. The van der Waals surface area contributed by atoms with Crippen LogP contribution < -0.4 is 16.4 Å². The van der Waals surface area contributed by atoms with Crippen molar-refractivity contribution in [3.63, 3.8) is 0 Å². The summed E-state index contributed by atoms with van der Waals surface area (Å²) in [6.45, 7) is 6.41. The van der Waals surface area contributed by atoms with Gasteiger partial charge in [-0.15, -0.1) is 0 Å². The largest absolute Gasteiger partial charge is 0.444 e. The maximum absolute atomic E-state index is 12.7. The molecule has 0 aliphatic carbocycles. The third-order valence-corrected chi connectivity index (χ3v) is 5.58. The van der Waals surface area contributed by atoms with E-state index in [-0.39, 0.29) is 28.8 Å². The Morgan fingerprint density at radius 1 is 1.09 bits per heavy atom. The maximum atomic E-state index is 12.7. The fourth-order valence-corrected chi connectivity index (χ4v) is 3.91. The van der Waals surface area contributed by atoms with E-state index in [1.807, 2.05) is 20.8 Å². The Labute approximate surface area is 200 Å². The molecule has 0 bridgehead atoms. The van der Waals surface area contributed by atoms with E-state index in [0.717, 1.165) is 0 Å². The van der Waals surface area contributed by atoms with Gasteiger partial charge in [0, 0.05) is 43.0 Å². The second kappa shape index (κ2) is 9.57. The van der Waals surface area contributed by atoms with Crippen LogP contribution in [0.1, 0.15) is 65.9 Å². The number of pyridine rings is 1. The quantitative estimate of drug-likeness (QED) is 0.481. The molecule has 3 aromatic heterocycles. The first-order chi connectivity index (χ1) is 16.6. The van der Waals surface area contributed by atoms with Crippen LogP contribution in [0.25, 0.3) is 5.65 Å². The number of likely N-dealkylation sites (tertiary alicyclic amines) is 1. The Morgan fingerprint density at radius 3 is 2.40 bits per heavy atom. The summed E-state index contributed by atoms with van der Waals surface area (Å²) in [7, 11) is 0. The minimum atomic E-state index is -0.630. The number of rotatable bonds is 3. The number of ether oxygens (including phenoxy) is 1. The van der Waals surface area contributed by atoms with Crippen LogP contribution in [0.15, 0.2) is 41.6 Å². The molecule has 3 N–H and O–H groups in total. The number of nitrogens with zero attached hydrogens (tertiary/aromatic N) is 4. The maximum Gasteiger partial charge on any atom is 0.410 e.